The lowest BCUT2D eigenvalue weighted by Crippen LogP contribution is -2.24. The second-order valence-electron chi connectivity index (χ2n) is 4.85. The van der Waals surface area contributed by atoms with E-state index in [0.29, 0.717) is 12.0 Å². The molecule has 0 amide bonds. The fourth-order valence-corrected chi connectivity index (χ4v) is 3.83. The predicted octanol–water partition coefficient (Wildman–Crippen LogP) is 5.65. The third-order valence-electron chi connectivity index (χ3n) is 3.02. The Kier molecular flexibility index (Phi) is 5.46. The van der Waals surface area contributed by atoms with Crippen molar-refractivity contribution in [3.63, 3.8) is 0 Å². The Balaban J connectivity index is 2.06. The lowest BCUT2D eigenvalue weighted by atomic mass is 9.96. The molecule has 2 rings (SSSR count). The predicted molar refractivity (Wildman–Crippen MR) is 87.9 cm³/mol. The van der Waals surface area contributed by atoms with Crippen molar-refractivity contribution >= 4 is 38.9 Å². The Bertz CT molecular complexity index is 505. The number of halogens is 2. The average Bonchev–Trinajstić information content (AvgIpc) is 2.70. The van der Waals surface area contributed by atoms with E-state index in [1.165, 1.54) is 10.4 Å². The molecular formula is C15H17BrClNS. The van der Waals surface area contributed by atoms with Gasteiger partial charge >= 0.3 is 0 Å². The number of rotatable bonds is 5. The van der Waals surface area contributed by atoms with Gasteiger partial charge < -0.3 is 5.32 Å². The monoisotopic (exact) mass is 357 g/mol. The summed E-state index contributed by atoms with van der Waals surface area (Å²) in [5, 5.41) is 3.62. The van der Waals surface area contributed by atoms with E-state index in [2.05, 4.69) is 71.5 Å². The molecule has 19 heavy (non-hydrogen) atoms. The molecule has 0 saturated heterocycles. The van der Waals surface area contributed by atoms with Crippen LogP contribution in [-0.2, 0) is 6.54 Å². The Morgan fingerprint density at radius 3 is 2.47 bits per heavy atom. The molecule has 1 aromatic carbocycles. The zero-order valence-electron chi connectivity index (χ0n) is 11.0. The van der Waals surface area contributed by atoms with Crippen molar-refractivity contribution in [3.8, 4) is 0 Å². The van der Waals surface area contributed by atoms with Crippen molar-refractivity contribution in [2.75, 3.05) is 0 Å². The molecule has 1 nitrogen and oxygen atoms in total. The first kappa shape index (κ1) is 15.0. The summed E-state index contributed by atoms with van der Waals surface area (Å²) in [7, 11) is 0. The molecule has 1 heterocycles. The van der Waals surface area contributed by atoms with Crippen molar-refractivity contribution in [1.29, 1.82) is 0 Å². The van der Waals surface area contributed by atoms with Gasteiger partial charge in [0.15, 0.2) is 0 Å². The molecule has 0 bridgehead atoms. The Morgan fingerprint density at radius 1 is 1.26 bits per heavy atom. The van der Waals surface area contributed by atoms with Crippen molar-refractivity contribution in [2.45, 2.75) is 26.4 Å². The van der Waals surface area contributed by atoms with Gasteiger partial charge in [-0.25, -0.2) is 0 Å². The van der Waals surface area contributed by atoms with Gasteiger partial charge in [0, 0.05) is 21.9 Å². The van der Waals surface area contributed by atoms with Crippen LogP contribution in [0.4, 0.5) is 0 Å². The Labute approximate surface area is 132 Å². The van der Waals surface area contributed by atoms with Crippen LogP contribution in [0.15, 0.2) is 40.9 Å². The normalized spacial score (nSPS) is 12.9. The topological polar surface area (TPSA) is 12.0 Å². The number of nitrogens with one attached hydrogen (secondary N) is 1. The molecule has 1 aromatic heterocycles. The summed E-state index contributed by atoms with van der Waals surface area (Å²) in [5.74, 6) is 0.543. The molecular weight excluding hydrogens is 342 g/mol. The summed E-state index contributed by atoms with van der Waals surface area (Å²) in [4.78, 5) is 1.25. The van der Waals surface area contributed by atoms with E-state index in [-0.39, 0.29) is 0 Å². The molecule has 102 valence electrons. The molecule has 0 aliphatic rings. The van der Waals surface area contributed by atoms with E-state index in [1.807, 2.05) is 0 Å². The van der Waals surface area contributed by atoms with Crippen molar-refractivity contribution in [3.05, 3.63) is 55.6 Å². The highest BCUT2D eigenvalue weighted by molar-refractivity contribution is 9.10. The number of benzene rings is 1. The molecule has 0 fully saturated rings. The quantitative estimate of drug-likeness (QED) is 0.728. The second kappa shape index (κ2) is 6.89. The van der Waals surface area contributed by atoms with Gasteiger partial charge in [0.25, 0.3) is 0 Å². The van der Waals surface area contributed by atoms with Crippen LogP contribution >= 0.6 is 38.9 Å². The Hall–Kier alpha value is -0.350. The first-order valence-electron chi connectivity index (χ1n) is 6.30. The lowest BCUT2D eigenvalue weighted by molar-refractivity contribution is 0.412. The largest absolute Gasteiger partial charge is 0.305 e. The molecule has 0 aliphatic carbocycles. The van der Waals surface area contributed by atoms with Gasteiger partial charge in [0.1, 0.15) is 4.34 Å². The Morgan fingerprint density at radius 2 is 1.95 bits per heavy atom. The molecule has 1 atom stereocenters. The number of hydrogen-bond acceptors (Lipinski definition) is 2. The summed E-state index contributed by atoms with van der Waals surface area (Å²) in [6.07, 6.45) is 0. The highest BCUT2D eigenvalue weighted by atomic mass is 79.9. The molecule has 0 saturated carbocycles. The SMILES string of the molecule is CC(C)C(NCc1cc(Br)c(Cl)s1)c1ccccc1. The first-order valence-corrected chi connectivity index (χ1v) is 8.28. The van der Waals surface area contributed by atoms with E-state index in [0.717, 1.165) is 15.4 Å². The second-order valence-corrected chi connectivity index (χ2v) is 7.44. The summed E-state index contributed by atoms with van der Waals surface area (Å²) in [6.45, 7) is 5.32. The van der Waals surface area contributed by atoms with Gasteiger partial charge in [-0.1, -0.05) is 55.8 Å². The van der Waals surface area contributed by atoms with Crippen LogP contribution < -0.4 is 5.32 Å². The third kappa shape index (κ3) is 4.06. The van der Waals surface area contributed by atoms with Crippen LogP contribution in [0.2, 0.25) is 4.34 Å². The fourth-order valence-electron chi connectivity index (χ4n) is 2.09. The van der Waals surface area contributed by atoms with Gasteiger partial charge in [-0.15, -0.1) is 11.3 Å². The number of hydrogen-bond donors (Lipinski definition) is 1. The summed E-state index contributed by atoms with van der Waals surface area (Å²) < 4.78 is 1.80. The maximum absolute atomic E-state index is 6.07. The van der Waals surface area contributed by atoms with E-state index in [1.54, 1.807) is 11.3 Å². The lowest BCUT2D eigenvalue weighted by Gasteiger charge is -2.22. The standard InChI is InChI=1S/C15H17BrClNS/c1-10(2)14(11-6-4-3-5-7-11)18-9-12-8-13(16)15(17)19-12/h3-8,10,14,18H,9H2,1-2H3. The highest BCUT2D eigenvalue weighted by Gasteiger charge is 2.15. The summed E-state index contributed by atoms with van der Waals surface area (Å²) in [5.41, 5.74) is 1.33. The summed E-state index contributed by atoms with van der Waals surface area (Å²) in [6, 6.07) is 13.0. The molecule has 0 aliphatic heterocycles. The smallest absolute Gasteiger partial charge is 0.107 e. The van der Waals surface area contributed by atoms with Gasteiger partial charge in [0.05, 0.1) is 0 Å². The molecule has 1 N–H and O–H groups in total. The molecule has 4 heteroatoms. The fraction of sp³-hybridized carbons (Fsp3) is 0.333. The van der Waals surface area contributed by atoms with Crippen LogP contribution in [-0.4, -0.2) is 0 Å². The first-order chi connectivity index (χ1) is 9.08. The van der Waals surface area contributed by atoms with E-state index in [4.69, 9.17) is 11.6 Å². The van der Waals surface area contributed by atoms with Gasteiger partial charge in [-0.3, -0.25) is 0 Å². The van der Waals surface area contributed by atoms with Crippen molar-refractivity contribution in [2.24, 2.45) is 5.92 Å². The molecule has 2 aromatic rings. The van der Waals surface area contributed by atoms with Gasteiger partial charge in [-0.05, 0) is 33.5 Å². The zero-order chi connectivity index (χ0) is 13.8. The van der Waals surface area contributed by atoms with Crippen LogP contribution in [0.3, 0.4) is 0 Å². The van der Waals surface area contributed by atoms with E-state index >= 15 is 0 Å². The minimum absolute atomic E-state index is 0.362. The van der Waals surface area contributed by atoms with Crippen LogP contribution in [0.25, 0.3) is 0 Å². The minimum Gasteiger partial charge on any atom is -0.305 e. The van der Waals surface area contributed by atoms with E-state index < -0.39 is 0 Å². The van der Waals surface area contributed by atoms with Crippen molar-refractivity contribution in [1.82, 2.24) is 5.32 Å². The molecule has 0 spiro atoms. The molecule has 0 radical (unpaired) electrons. The third-order valence-corrected chi connectivity index (χ3v) is 5.49. The maximum Gasteiger partial charge on any atom is 0.107 e. The van der Waals surface area contributed by atoms with Crippen LogP contribution in [0.5, 0.6) is 0 Å². The van der Waals surface area contributed by atoms with Gasteiger partial charge in [0.2, 0.25) is 0 Å². The zero-order valence-corrected chi connectivity index (χ0v) is 14.1. The minimum atomic E-state index is 0.362. The highest BCUT2D eigenvalue weighted by Crippen LogP contribution is 2.32. The van der Waals surface area contributed by atoms with Crippen LogP contribution in [0.1, 0.15) is 30.3 Å². The average molecular weight is 359 g/mol. The van der Waals surface area contributed by atoms with Crippen LogP contribution in [0, 0.1) is 5.92 Å². The van der Waals surface area contributed by atoms with E-state index in [9.17, 15) is 0 Å². The van der Waals surface area contributed by atoms with Crippen molar-refractivity contribution < 1.29 is 0 Å². The molecule has 1 unspecified atom stereocenters. The maximum atomic E-state index is 6.07. The number of thiophene rings is 1. The summed E-state index contributed by atoms with van der Waals surface area (Å²) >= 11 is 11.1. The van der Waals surface area contributed by atoms with Gasteiger partial charge in [-0.2, -0.15) is 0 Å².